The molecular weight excluding hydrogens is 254 g/mol. The van der Waals surface area contributed by atoms with E-state index in [-0.39, 0.29) is 5.60 Å². The van der Waals surface area contributed by atoms with Crippen LogP contribution in [0, 0.1) is 11.3 Å². The van der Waals surface area contributed by atoms with E-state index < -0.39 is 0 Å². The highest BCUT2D eigenvalue weighted by Gasteiger charge is 2.51. The van der Waals surface area contributed by atoms with Gasteiger partial charge in [0.05, 0.1) is 5.60 Å². The second-order valence-electron chi connectivity index (χ2n) is 7.17. The first-order valence-corrected chi connectivity index (χ1v) is 9.28. The third-order valence-corrected chi connectivity index (χ3v) is 6.70. The maximum Gasteiger partial charge on any atom is 0.0783 e. The van der Waals surface area contributed by atoms with Gasteiger partial charge in [0.15, 0.2) is 0 Å². The molecule has 1 spiro atoms. The smallest absolute Gasteiger partial charge is 0.0783 e. The molecule has 2 nitrogen and oxygen atoms in total. The van der Waals surface area contributed by atoms with Gasteiger partial charge in [-0.15, -0.1) is 0 Å². The van der Waals surface area contributed by atoms with Gasteiger partial charge in [0.1, 0.15) is 0 Å². The lowest BCUT2D eigenvalue weighted by Gasteiger charge is -2.43. The molecule has 2 aliphatic heterocycles. The Balaban J connectivity index is 1.67. The second-order valence-corrected chi connectivity index (χ2v) is 8.28. The van der Waals surface area contributed by atoms with Crippen molar-refractivity contribution in [1.29, 1.82) is 0 Å². The van der Waals surface area contributed by atoms with Crippen LogP contribution >= 0.6 is 11.8 Å². The first-order chi connectivity index (χ1) is 9.18. The van der Waals surface area contributed by atoms with Crippen molar-refractivity contribution in [1.82, 2.24) is 5.32 Å². The molecular formula is C16H29NOS. The Morgan fingerprint density at radius 2 is 2.21 bits per heavy atom. The van der Waals surface area contributed by atoms with Gasteiger partial charge in [-0.25, -0.2) is 0 Å². The fraction of sp³-hybridized carbons (Fsp3) is 1.00. The predicted molar refractivity (Wildman–Crippen MR) is 82.8 cm³/mol. The van der Waals surface area contributed by atoms with E-state index in [1.807, 2.05) is 0 Å². The minimum atomic E-state index is 0.241. The third kappa shape index (κ3) is 2.98. The maximum absolute atomic E-state index is 6.20. The fourth-order valence-electron chi connectivity index (χ4n) is 4.00. The molecule has 2 saturated heterocycles. The number of hydrogen-bond donors (Lipinski definition) is 1. The lowest BCUT2D eigenvalue weighted by Crippen LogP contribution is -2.50. The summed E-state index contributed by atoms with van der Waals surface area (Å²) >= 11 is 2.09. The van der Waals surface area contributed by atoms with Crippen molar-refractivity contribution in [2.24, 2.45) is 11.3 Å². The van der Waals surface area contributed by atoms with Crippen molar-refractivity contribution in [3.05, 3.63) is 0 Å². The summed E-state index contributed by atoms with van der Waals surface area (Å²) < 4.78 is 6.20. The molecule has 1 saturated carbocycles. The lowest BCUT2D eigenvalue weighted by molar-refractivity contribution is -0.0889. The molecule has 0 aromatic heterocycles. The van der Waals surface area contributed by atoms with Gasteiger partial charge in [-0.3, -0.25) is 0 Å². The van der Waals surface area contributed by atoms with Crippen molar-refractivity contribution in [2.45, 2.75) is 64.0 Å². The second kappa shape index (κ2) is 5.57. The van der Waals surface area contributed by atoms with E-state index in [1.54, 1.807) is 0 Å². The predicted octanol–water partition coefficient (Wildman–Crippen LogP) is 3.46. The zero-order chi connectivity index (χ0) is 13.3. The largest absolute Gasteiger partial charge is 0.374 e. The normalized spacial score (nSPS) is 38.5. The maximum atomic E-state index is 6.20. The van der Waals surface area contributed by atoms with Gasteiger partial charge in [-0.1, -0.05) is 13.8 Å². The van der Waals surface area contributed by atoms with Gasteiger partial charge >= 0.3 is 0 Å². The Morgan fingerprint density at radius 1 is 1.37 bits per heavy atom. The van der Waals surface area contributed by atoms with E-state index in [2.05, 4.69) is 30.9 Å². The van der Waals surface area contributed by atoms with Crippen LogP contribution < -0.4 is 5.32 Å². The first-order valence-electron chi connectivity index (χ1n) is 8.13. The highest BCUT2D eigenvalue weighted by molar-refractivity contribution is 7.99. The molecule has 3 fully saturated rings. The molecule has 3 aliphatic rings. The Morgan fingerprint density at radius 3 is 2.84 bits per heavy atom. The van der Waals surface area contributed by atoms with Crippen molar-refractivity contribution in [2.75, 3.05) is 24.7 Å². The minimum absolute atomic E-state index is 0.241. The molecule has 0 amide bonds. The molecule has 3 rings (SSSR count). The summed E-state index contributed by atoms with van der Waals surface area (Å²) in [5.74, 6) is 3.38. The van der Waals surface area contributed by atoms with Crippen molar-refractivity contribution in [3.8, 4) is 0 Å². The average Bonchev–Trinajstić information content (AvgIpc) is 2.99. The van der Waals surface area contributed by atoms with E-state index in [0.29, 0.717) is 5.41 Å². The zero-order valence-corrected chi connectivity index (χ0v) is 13.4. The third-order valence-electron chi connectivity index (χ3n) is 5.47. The molecule has 3 atom stereocenters. The monoisotopic (exact) mass is 283 g/mol. The fourth-order valence-corrected chi connectivity index (χ4v) is 5.38. The summed E-state index contributed by atoms with van der Waals surface area (Å²) in [6.45, 7) is 6.94. The van der Waals surface area contributed by atoms with Crippen LogP contribution in [-0.4, -0.2) is 36.3 Å². The molecule has 2 heterocycles. The SMILES string of the molecule is CCCNC(C1CCOC2(CCSC2)C1)C1(C)CC1. The van der Waals surface area contributed by atoms with Crippen LogP contribution in [-0.2, 0) is 4.74 Å². The number of rotatable bonds is 5. The summed E-state index contributed by atoms with van der Waals surface area (Å²) in [7, 11) is 0. The van der Waals surface area contributed by atoms with Gasteiger partial charge < -0.3 is 10.1 Å². The number of ether oxygens (including phenoxy) is 1. The van der Waals surface area contributed by atoms with E-state index in [9.17, 15) is 0 Å². The molecule has 1 N–H and O–H groups in total. The number of thioether (sulfide) groups is 1. The topological polar surface area (TPSA) is 21.3 Å². The van der Waals surface area contributed by atoms with E-state index in [1.165, 1.54) is 56.6 Å². The quantitative estimate of drug-likeness (QED) is 0.835. The number of hydrogen-bond acceptors (Lipinski definition) is 3. The average molecular weight is 283 g/mol. The summed E-state index contributed by atoms with van der Waals surface area (Å²) in [5.41, 5.74) is 0.828. The Hall–Kier alpha value is 0.270. The summed E-state index contributed by atoms with van der Waals surface area (Å²) in [6.07, 6.45) is 7.95. The molecule has 0 bridgehead atoms. The van der Waals surface area contributed by atoms with Crippen LogP contribution in [0.2, 0.25) is 0 Å². The summed E-state index contributed by atoms with van der Waals surface area (Å²) in [5, 5.41) is 3.89. The van der Waals surface area contributed by atoms with E-state index in [0.717, 1.165) is 18.6 Å². The van der Waals surface area contributed by atoms with Crippen LogP contribution in [0.5, 0.6) is 0 Å². The molecule has 0 aromatic carbocycles. The lowest BCUT2D eigenvalue weighted by atomic mass is 9.76. The van der Waals surface area contributed by atoms with Gasteiger partial charge in [-0.2, -0.15) is 11.8 Å². The molecule has 1 aliphatic carbocycles. The van der Waals surface area contributed by atoms with Crippen LogP contribution in [0.1, 0.15) is 52.4 Å². The standard InChI is InChI=1S/C16H29NOS/c1-3-8-17-14(15(2)5-6-15)13-4-9-18-16(11-13)7-10-19-12-16/h13-14,17H,3-12H2,1-2H3. The van der Waals surface area contributed by atoms with Crippen LogP contribution in [0.25, 0.3) is 0 Å². The van der Waals surface area contributed by atoms with Gasteiger partial charge in [-0.05, 0) is 62.2 Å². The van der Waals surface area contributed by atoms with Gasteiger partial charge in [0.2, 0.25) is 0 Å². The van der Waals surface area contributed by atoms with Crippen LogP contribution in [0.3, 0.4) is 0 Å². The van der Waals surface area contributed by atoms with Crippen molar-refractivity contribution < 1.29 is 4.74 Å². The van der Waals surface area contributed by atoms with Crippen molar-refractivity contribution in [3.63, 3.8) is 0 Å². The molecule has 110 valence electrons. The van der Waals surface area contributed by atoms with E-state index >= 15 is 0 Å². The van der Waals surface area contributed by atoms with E-state index in [4.69, 9.17) is 4.74 Å². The van der Waals surface area contributed by atoms with Gasteiger partial charge in [0.25, 0.3) is 0 Å². The molecule has 19 heavy (non-hydrogen) atoms. The Labute approximate surface area is 122 Å². The first kappa shape index (κ1) is 14.2. The highest BCUT2D eigenvalue weighted by Crippen LogP contribution is 2.53. The minimum Gasteiger partial charge on any atom is -0.374 e. The molecule has 0 aromatic rings. The summed E-state index contributed by atoms with van der Waals surface area (Å²) in [6, 6.07) is 0.735. The zero-order valence-electron chi connectivity index (χ0n) is 12.5. The highest BCUT2D eigenvalue weighted by atomic mass is 32.2. The number of nitrogens with one attached hydrogen (secondary N) is 1. The van der Waals surface area contributed by atoms with Crippen LogP contribution in [0.4, 0.5) is 0 Å². The molecule has 3 heteroatoms. The van der Waals surface area contributed by atoms with Gasteiger partial charge in [0, 0.05) is 18.4 Å². The molecule has 0 radical (unpaired) electrons. The van der Waals surface area contributed by atoms with Crippen LogP contribution in [0.15, 0.2) is 0 Å². The summed E-state index contributed by atoms with van der Waals surface area (Å²) in [4.78, 5) is 0. The molecule has 3 unspecified atom stereocenters. The Bertz CT molecular complexity index is 310. The van der Waals surface area contributed by atoms with Crippen molar-refractivity contribution >= 4 is 11.8 Å². The Kier molecular flexibility index (Phi) is 4.17.